The number of hydrogen-bond donors (Lipinski definition) is 1. The zero-order valence-electron chi connectivity index (χ0n) is 11.6. The average Bonchev–Trinajstić information content (AvgIpc) is 2.98. The molecule has 106 valence electrons. The quantitative estimate of drug-likeness (QED) is 0.661. The smallest absolute Gasteiger partial charge is 0.187 e. The summed E-state index contributed by atoms with van der Waals surface area (Å²) in [7, 11) is 0. The first kappa shape index (κ1) is 14.1. The fourth-order valence-electron chi connectivity index (χ4n) is 2.05. The van der Waals surface area contributed by atoms with Gasteiger partial charge in [0.25, 0.3) is 0 Å². The van der Waals surface area contributed by atoms with Gasteiger partial charge in [0.15, 0.2) is 5.13 Å². The van der Waals surface area contributed by atoms with E-state index in [1.54, 1.807) is 11.3 Å². The molecule has 0 aliphatic rings. The number of hydrogen-bond acceptors (Lipinski definition) is 3. The van der Waals surface area contributed by atoms with Gasteiger partial charge in [0, 0.05) is 10.9 Å². The number of benzene rings is 2. The van der Waals surface area contributed by atoms with E-state index in [4.69, 9.17) is 11.6 Å². The molecule has 2 aromatic carbocycles. The minimum absolute atomic E-state index is 0.696. The molecule has 1 aromatic heterocycles. The number of nitrogens with one attached hydrogen (secondary N) is 1. The zero-order valence-corrected chi connectivity index (χ0v) is 13.2. The van der Waals surface area contributed by atoms with Crippen molar-refractivity contribution in [2.75, 3.05) is 5.32 Å². The molecule has 21 heavy (non-hydrogen) atoms. The summed E-state index contributed by atoms with van der Waals surface area (Å²) in [5.41, 5.74) is 4.33. The average molecular weight is 315 g/mol. The van der Waals surface area contributed by atoms with Crippen LogP contribution in [0, 0.1) is 0 Å². The highest BCUT2D eigenvalue weighted by molar-refractivity contribution is 7.14. The lowest BCUT2D eigenvalue weighted by molar-refractivity contribution is 1.14. The number of thiazole rings is 1. The molecule has 1 heterocycles. The van der Waals surface area contributed by atoms with Crippen LogP contribution in [0.3, 0.4) is 0 Å². The SMILES string of the molecule is CCc1ccc(-c2csc(Nc3ccccc3Cl)n2)cc1. The molecule has 0 saturated carbocycles. The maximum Gasteiger partial charge on any atom is 0.187 e. The van der Waals surface area contributed by atoms with Gasteiger partial charge in [0.2, 0.25) is 0 Å². The topological polar surface area (TPSA) is 24.9 Å². The van der Waals surface area contributed by atoms with Crippen molar-refractivity contribution in [2.24, 2.45) is 0 Å². The summed E-state index contributed by atoms with van der Waals surface area (Å²) in [5.74, 6) is 0. The Morgan fingerprint density at radius 3 is 2.57 bits per heavy atom. The first-order valence-electron chi connectivity index (χ1n) is 6.82. The van der Waals surface area contributed by atoms with Gasteiger partial charge in [-0.15, -0.1) is 11.3 Å². The molecule has 1 N–H and O–H groups in total. The lowest BCUT2D eigenvalue weighted by Crippen LogP contribution is -1.90. The van der Waals surface area contributed by atoms with E-state index in [0.29, 0.717) is 5.02 Å². The van der Waals surface area contributed by atoms with Crippen LogP contribution in [-0.2, 0) is 6.42 Å². The molecule has 0 radical (unpaired) electrons. The number of anilines is 2. The van der Waals surface area contributed by atoms with E-state index < -0.39 is 0 Å². The summed E-state index contributed by atoms with van der Waals surface area (Å²) < 4.78 is 0. The molecule has 0 bridgehead atoms. The van der Waals surface area contributed by atoms with Crippen LogP contribution in [0.5, 0.6) is 0 Å². The van der Waals surface area contributed by atoms with E-state index in [1.165, 1.54) is 5.56 Å². The Morgan fingerprint density at radius 1 is 1.10 bits per heavy atom. The van der Waals surface area contributed by atoms with Gasteiger partial charge in [-0.2, -0.15) is 0 Å². The molecule has 2 nitrogen and oxygen atoms in total. The first-order valence-corrected chi connectivity index (χ1v) is 8.08. The fraction of sp³-hybridized carbons (Fsp3) is 0.118. The van der Waals surface area contributed by atoms with Crippen LogP contribution >= 0.6 is 22.9 Å². The van der Waals surface area contributed by atoms with Crippen molar-refractivity contribution in [3.63, 3.8) is 0 Å². The highest BCUT2D eigenvalue weighted by atomic mass is 35.5. The molecule has 0 aliphatic heterocycles. The predicted molar refractivity (Wildman–Crippen MR) is 91.7 cm³/mol. The lowest BCUT2D eigenvalue weighted by Gasteiger charge is -2.04. The fourth-order valence-corrected chi connectivity index (χ4v) is 2.97. The van der Waals surface area contributed by atoms with Gasteiger partial charge < -0.3 is 5.32 Å². The normalized spacial score (nSPS) is 10.6. The summed E-state index contributed by atoms with van der Waals surface area (Å²) in [4.78, 5) is 4.62. The third-order valence-electron chi connectivity index (χ3n) is 3.28. The van der Waals surface area contributed by atoms with Crippen molar-refractivity contribution in [2.45, 2.75) is 13.3 Å². The number of nitrogens with zero attached hydrogens (tertiary/aromatic N) is 1. The molecule has 0 unspecified atom stereocenters. The molecule has 3 rings (SSSR count). The van der Waals surface area contributed by atoms with Crippen LogP contribution in [0.1, 0.15) is 12.5 Å². The summed E-state index contributed by atoms with van der Waals surface area (Å²) in [6, 6.07) is 16.2. The maximum absolute atomic E-state index is 6.15. The van der Waals surface area contributed by atoms with Crippen LogP contribution < -0.4 is 5.32 Å². The molecule has 0 atom stereocenters. The van der Waals surface area contributed by atoms with Crippen LogP contribution in [-0.4, -0.2) is 4.98 Å². The summed E-state index contributed by atoms with van der Waals surface area (Å²) in [5, 5.41) is 6.86. The second-order valence-corrected chi connectivity index (χ2v) is 5.96. The standard InChI is InChI=1S/C17H15ClN2S/c1-2-12-7-9-13(10-8-12)16-11-21-17(20-16)19-15-6-4-3-5-14(15)18/h3-11H,2H2,1H3,(H,19,20). The Bertz CT molecular complexity index is 735. The highest BCUT2D eigenvalue weighted by Gasteiger charge is 2.06. The largest absolute Gasteiger partial charge is 0.330 e. The van der Waals surface area contributed by atoms with Gasteiger partial charge in [0.1, 0.15) is 0 Å². The van der Waals surface area contributed by atoms with E-state index in [-0.39, 0.29) is 0 Å². The molecule has 3 aromatic rings. The van der Waals surface area contributed by atoms with Gasteiger partial charge >= 0.3 is 0 Å². The van der Waals surface area contributed by atoms with Crippen LogP contribution in [0.2, 0.25) is 5.02 Å². The number of para-hydroxylation sites is 1. The third-order valence-corrected chi connectivity index (χ3v) is 4.36. The Labute approximate surface area is 133 Å². The van der Waals surface area contributed by atoms with Gasteiger partial charge in [-0.3, -0.25) is 0 Å². The van der Waals surface area contributed by atoms with Crippen molar-refractivity contribution < 1.29 is 0 Å². The third kappa shape index (κ3) is 3.26. The van der Waals surface area contributed by atoms with E-state index >= 15 is 0 Å². The molecular formula is C17H15ClN2S. The Morgan fingerprint density at radius 2 is 1.86 bits per heavy atom. The van der Waals surface area contributed by atoms with E-state index in [1.807, 2.05) is 24.3 Å². The van der Waals surface area contributed by atoms with E-state index in [9.17, 15) is 0 Å². The van der Waals surface area contributed by atoms with Crippen molar-refractivity contribution in [1.82, 2.24) is 4.98 Å². The summed E-state index contributed by atoms with van der Waals surface area (Å²) in [6.45, 7) is 2.16. The van der Waals surface area contributed by atoms with Crippen LogP contribution in [0.4, 0.5) is 10.8 Å². The monoisotopic (exact) mass is 314 g/mol. The maximum atomic E-state index is 6.15. The molecule has 0 saturated heterocycles. The Kier molecular flexibility index (Phi) is 4.23. The van der Waals surface area contributed by atoms with Crippen molar-refractivity contribution in [1.29, 1.82) is 0 Å². The predicted octanol–water partition coefficient (Wildman–Crippen LogP) is 5.77. The Balaban J connectivity index is 1.81. The highest BCUT2D eigenvalue weighted by Crippen LogP contribution is 2.30. The summed E-state index contributed by atoms with van der Waals surface area (Å²) >= 11 is 7.72. The minimum Gasteiger partial charge on any atom is -0.330 e. The second-order valence-electron chi connectivity index (χ2n) is 4.69. The molecular weight excluding hydrogens is 300 g/mol. The first-order chi connectivity index (χ1) is 10.3. The second kappa shape index (κ2) is 6.29. The summed E-state index contributed by atoms with van der Waals surface area (Å²) in [6.07, 6.45) is 1.05. The van der Waals surface area contributed by atoms with Crippen molar-refractivity contribution >= 4 is 33.8 Å². The number of aryl methyl sites for hydroxylation is 1. The van der Waals surface area contributed by atoms with E-state index in [2.05, 4.69) is 46.9 Å². The van der Waals surface area contributed by atoms with Crippen molar-refractivity contribution in [3.8, 4) is 11.3 Å². The molecule has 0 amide bonds. The molecule has 0 fully saturated rings. The lowest BCUT2D eigenvalue weighted by atomic mass is 10.1. The van der Waals surface area contributed by atoms with Crippen LogP contribution in [0.15, 0.2) is 53.9 Å². The molecule has 4 heteroatoms. The Hall–Kier alpha value is -1.84. The van der Waals surface area contributed by atoms with Gasteiger partial charge in [-0.1, -0.05) is 54.9 Å². The number of rotatable bonds is 4. The molecule has 0 aliphatic carbocycles. The van der Waals surface area contributed by atoms with Crippen LogP contribution in [0.25, 0.3) is 11.3 Å². The minimum atomic E-state index is 0.696. The van der Waals surface area contributed by atoms with E-state index in [0.717, 1.165) is 28.5 Å². The molecule has 0 spiro atoms. The van der Waals surface area contributed by atoms with Gasteiger partial charge in [-0.05, 0) is 24.1 Å². The number of aromatic nitrogens is 1. The van der Waals surface area contributed by atoms with Crippen molar-refractivity contribution in [3.05, 3.63) is 64.5 Å². The number of halogens is 1. The van der Waals surface area contributed by atoms with Gasteiger partial charge in [0.05, 0.1) is 16.4 Å². The zero-order chi connectivity index (χ0) is 14.7. The van der Waals surface area contributed by atoms with Gasteiger partial charge in [-0.25, -0.2) is 4.98 Å².